The summed E-state index contributed by atoms with van der Waals surface area (Å²) >= 11 is 1.66. The molecule has 0 aliphatic carbocycles. The van der Waals surface area contributed by atoms with Gasteiger partial charge in [-0.2, -0.15) is 0 Å². The minimum absolute atomic E-state index is 0.0676. The first-order valence-corrected chi connectivity index (χ1v) is 11.1. The molecule has 0 saturated heterocycles. The highest BCUT2D eigenvalue weighted by atomic mass is 32.1. The maximum Gasteiger partial charge on any atom is 0.286 e. The summed E-state index contributed by atoms with van der Waals surface area (Å²) in [4.78, 5) is 17.2. The molecular formula is C23H26N2O4S. The Hall–Kier alpha value is -2.61. The third kappa shape index (κ3) is 4.92. The van der Waals surface area contributed by atoms with Gasteiger partial charge in [0.05, 0.1) is 6.61 Å². The molecule has 1 aliphatic rings. The second-order valence-electron chi connectivity index (χ2n) is 7.25. The number of aliphatic hydroxyl groups excluding tert-OH is 1. The van der Waals surface area contributed by atoms with E-state index in [0.29, 0.717) is 31.8 Å². The van der Waals surface area contributed by atoms with Gasteiger partial charge in [-0.1, -0.05) is 24.3 Å². The minimum Gasteiger partial charge on any atom is -0.459 e. The predicted molar refractivity (Wildman–Crippen MR) is 117 cm³/mol. The zero-order chi connectivity index (χ0) is 20.8. The quantitative estimate of drug-likeness (QED) is 0.456. The molecule has 3 heterocycles. The van der Waals surface area contributed by atoms with E-state index >= 15 is 0 Å². The Kier molecular flexibility index (Phi) is 6.84. The van der Waals surface area contributed by atoms with Crippen LogP contribution in [0.3, 0.4) is 0 Å². The number of aromatic amines is 1. The van der Waals surface area contributed by atoms with E-state index in [2.05, 4.69) is 22.4 Å². The van der Waals surface area contributed by atoms with Crippen LogP contribution in [-0.4, -0.2) is 42.0 Å². The van der Waals surface area contributed by atoms with Crippen molar-refractivity contribution in [1.82, 2.24) is 10.3 Å². The number of hydrogen-bond acceptors (Lipinski definition) is 5. The number of carbonyl (C=O) groups excluding carboxylic acids is 1. The fraction of sp³-hybridized carbons (Fsp3) is 0.348. The molecule has 6 nitrogen and oxygen atoms in total. The number of fused-ring (bicyclic) bond motifs is 1. The molecule has 30 heavy (non-hydrogen) atoms. The number of aliphatic hydroxyl groups is 1. The maximum absolute atomic E-state index is 12.8. The van der Waals surface area contributed by atoms with Gasteiger partial charge >= 0.3 is 0 Å². The number of H-pyrrole nitrogens is 1. The van der Waals surface area contributed by atoms with Crippen molar-refractivity contribution >= 4 is 28.1 Å². The number of allylic oxidation sites excluding steroid dienone is 1. The van der Waals surface area contributed by atoms with E-state index in [1.165, 1.54) is 15.8 Å². The number of rotatable bonds is 9. The lowest BCUT2D eigenvalue weighted by molar-refractivity contribution is -0.146. The molecule has 0 radical (unpaired) electrons. The molecular weight excluding hydrogens is 400 g/mol. The summed E-state index contributed by atoms with van der Waals surface area (Å²) in [6.07, 6.45) is 5.30. The fourth-order valence-corrected chi connectivity index (χ4v) is 4.44. The number of hydrogen-bond donors (Lipinski definition) is 3. The van der Waals surface area contributed by atoms with Crippen molar-refractivity contribution in [3.05, 3.63) is 70.3 Å². The zero-order valence-electron chi connectivity index (χ0n) is 16.7. The molecule has 7 heteroatoms. The molecule has 1 aromatic carbocycles. The number of para-hydroxylation sites is 1. The highest BCUT2D eigenvalue weighted by molar-refractivity contribution is 7.10. The van der Waals surface area contributed by atoms with E-state index in [-0.39, 0.29) is 18.4 Å². The molecule has 2 atom stereocenters. The average molecular weight is 427 g/mol. The van der Waals surface area contributed by atoms with E-state index in [4.69, 9.17) is 14.6 Å². The summed E-state index contributed by atoms with van der Waals surface area (Å²) in [5.74, 6) is 0.145. The smallest absolute Gasteiger partial charge is 0.286 e. The van der Waals surface area contributed by atoms with Gasteiger partial charge in [-0.05, 0) is 42.0 Å². The number of ether oxygens (including phenoxy) is 2. The van der Waals surface area contributed by atoms with Gasteiger partial charge in [-0.15, -0.1) is 11.3 Å². The SMILES string of the molecule is O=C(NCCc1c[nH]c2ccccc12)C1=C[C@@H](c2cccs2)C[C@@H](OCCCO)O1. The molecule has 0 saturated carbocycles. The van der Waals surface area contributed by atoms with Crippen molar-refractivity contribution in [2.24, 2.45) is 0 Å². The number of benzene rings is 1. The van der Waals surface area contributed by atoms with Crippen LogP contribution in [0.2, 0.25) is 0 Å². The van der Waals surface area contributed by atoms with Crippen LogP contribution in [0.25, 0.3) is 10.9 Å². The third-order valence-corrected chi connectivity index (χ3v) is 6.16. The highest BCUT2D eigenvalue weighted by Gasteiger charge is 2.29. The first-order valence-electron chi connectivity index (χ1n) is 10.2. The first kappa shape index (κ1) is 20.7. The Bertz CT molecular complexity index is 996. The molecule has 158 valence electrons. The summed E-state index contributed by atoms with van der Waals surface area (Å²) in [5.41, 5.74) is 2.27. The Morgan fingerprint density at radius 2 is 2.20 bits per heavy atom. The van der Waals surface area contributed by atoms with Crippen LogP contribution in [-0.2, 0) is 20.7 Å². The second kappa shape index (κ2) is 9.93. The number of amides is 1. The van der Waals surface area contributed by atoms with Crippen molar-refractivity contribution < 1.29 is 19.4 Å². The van der Waals surface area contributed by atoms with Gasteiger partial charge in [0.1, 0.15) is 0 Å². The third-order valence-electron chi connectivity index (χ3n) is 5.15. The van der Waals surface area contributed by atoms with Gasteiger partial charge in [-0.25, -0.2) is 0 Å². The molecule has 2 aromatic heterocycles. The lowest BCUT2D eigenvalue weighted by Gasteiger charge is -2.28. The van der Waals surface area contributed by atoms with Crippen LogP contribution in [0.1, 0.15) is 29.2 Å². The summed E-state index contributed by atoms with van der Waals surface area (Å²) in [5, 5.41) is 15.2. The van der Waals surface area contributed by atoms with Crippen LogP contribution in [0, 0.1) is 0 Å². The van der Waals surface area contributed by atoms with E-state index in [0.717, 1.165) is 11.9 Å². The number of carbonyl (C=O) groups is 1. The molecule has 0 fully saturated rings. The van der Waals surface area contributed by atoms with Gasteiger partial charge in [-0.3, -0.25) is 4.79 Å². The van der Waals surface area contributed by atoms with E-state index in [9.17, 15) is 4.79 Å². The zero-order valence-corrected chi connectivity index (χ0v) is 17.5. The largest absolute Gasteiger partial charge is 0.459 e. The van der Waals surface area contributed by atoms with Crippen LogP contribution in [0.5, 0.6) is 0 Å². The Morgan fingerprint density at radius 1 is 1.30 bits per heavy atom. The minimum atomic E-state index is -0.497. The Morgan fingerprint density at radius 3 is 3.03 bits per heavy atom. The van der Waals surface area contributed by atoms with Crippen LogP contribution < -0.4 is 5.32 Å². The lowest BCUT2D eigenvalue weighted by atomic mass is 9.99. The summed E-state index contributed by atoms with van der Waals surface area (Å²) < 4.78 is 11.6. The van der Waals surface area contributed by atoms with Crippen LogP contribution in [0.15, 0.2) is 59.8 Å². The molecule has 4 rings (SSSR count). The van der Waals surface area contributed by atoms with Crippen molar-refractivity contribution in [3.63, 3.8) is 0 Å². The topological polar surface area (TPSA) is 83.6 Å². The van der Waals surface area contributed by atoms with Crippen LogP contribution in [0.4, 0.5) is 0 Å². The second-order valence-corrected chi connectivity index (χ2v) is 8.23. The van der Waals surface area contributed by atoms with E-state index < -0.39 is 6.29 Å². The molecule has 1 amide bonds. The van der Waals surface area contributed by atoms with Crippen LogP contribution >= 0.6 is 11.3 Å². The first-order chi connectivity index (χ1) is 14.7. The van der Waals surface area contributed by atoms with Gasteiger partial charge in [0, 0.05) is 47.5 Å². The normalized spacial score (nSPS) is 18.8. The van der Waals surface area contributed by atoms with E-state index in [1.807, 2.05) is 41.9 Å². The Balaban J connectivity index is 1.39. The molecule has 3 aromatic rings. The summed E-state index contributed by atoms with van der Waals surface area (Å²) in [6.45, 7) is 0.979. The number of thiophene rings is 1. The molecule has 0 unspecified atom stereocenters. The van der Waals surface area contributed by atoms with Crippen molar-refractivity contribution in [3.8, 4) is 0 Å². The number of nitrogens with one attached hydrogen (secondary N) is 2. The van der Waals surface area contributed by atoms with E-state index in [1.54, 1.807) is 11.3 Å². The molecule has 3 N–H and O–H groups in total. The average Bonchev–Trinajstić information content (AvgIpc) is 3.44. The Labute approximate surface area is 179 Å². The summed E-state index contributed by atoms with van der Waals surface area (Å²) in [6, 6.07) is 12.2. The lowest BCUT2D eigenvalue weighted by Crippen LogP contribution is -2.33. The number of aromatic nitrogens is 1. The highest BCUT2D eigenvalue weighted by Crippen LogP contribution is 2.33. The summed E-state index contributed by atoms with van der Waals surface area (Å²) in [7, 11) is 0. The van der Waals surface area contributed by atoms with Gasteiger partial charge in [0.15, 0.2) is 5.76 Å². The van der Waals surface area contributed by atoms with Gasteiger partial charge in [0.2, 0.25) is 6.29 Å². The standard InChI is InChI=1S/C23H26N2O4S/c26-10-4-11-28-22-14-17(21-7-3-12-30-21)13-20(29-22)23(27)24-9-8-16-15-25-19-6-2-1-5-18(16)19/h1-3,5-7,12-13,15,17,22,25-26H,4,8-11,14H2,(H,24,27)/t17-,22+/m1/s1. The van der Waals surface area contributed by atoms with Crippen molar-refractivity contribution in [2.45, 2.75) is 31.5 Å². The van der Waals surface area contributed by atoms with Crippen molar-refractivity contribution in [2.75, 3.05) is 19.8 Å². The molecule has 0 bridgehead atoms. The molecule has 0 spiro atoms. The maximum atomic E-state index is 12.8. The van der Waals surface area contributed by atoms with Gasteiger partial charge < -0.3 is 24.9 Å². The fourth-order valence-electron chi connectivity index (χ4n) is 3.63. The van der Waals surface area contributed by atoms with Crippen molar-refractivity contribution in [1.29, 1.82) is 0 Å². The van der Waals surface area contributed by atoms with Gasteiger partial charge in [0.25, 0.3) is 5.91 Å². The monoisotopic (exact) mass is 426 g/mol. The predicted octanol–water partition coefficient (Wildman–Crippen LogP) is 3.70. The molecule has 1 aliphatic heterocycles.